The second-order valence-electron chi connectivity index (χ2n) is 24.4. The maximum absolute atomic E-state index is 2.61. The van der Waals surface area contributed by atoms with Gasteiger partial charge in [0.15, 0.2) is 0 Å². The van der Waals surface area contributed by atoms with Gasteiger partial charge in [-0.05, 0) is 199 Å². The lowest BCUT2D eigenvalue weighted by Gasteiger charge is -2.34. The van der Waals surface area contributed by atoms with Crippen LogP contribution in [0.3, 0.4) is 0 Å². The van der Waals surface area contributed by atoms with Gasteiger partial charge < -0.3 is 9.80 Å². The quantitative estimate of drug-likeness (QED) is 0.126. The number of aryl methyl sites for hydroxylation is 4. The van der Waals surface area contributed by atoms with Gasteiger partial charge in [0.2, 0.25) is 0 Å². The summed E-state index contributed by atoms with van der Waals surface area (Å²) < 4.78 is 0. The SMILES string of the molecule is CCc1cc(N(c2cc(CC)c(C)c(CC)c2)c2cc3c4ccccc4c(N(c4cc(C(C)(C)C)cc(C(C)(C)C)c4)c4cc(C(C)(C)C)cc(C(C)(C)C)c4)cc3c3ccccc23)cc(CC)c1C. The molecule has 0 atom stereocenters. The maximum atomic E-state index is 2.61. The van der Waals surface area contributed by atoms with Crippen LogP contribution in [0.25, 0.3) is 32.3 Å². The summed E-state index contributed by atoms with van der Waals surface area (Å²) in [7, 11) is 0. The van der Waals surface area contributed by atoms with E-state index in [-0.39, 0.29) is 21.7 Å². The first kappa shape index (κ1) is 50.5. The molecule has 2 heteroatoms. The Hall–Kier alpha value is -5.86. The Bertz CT molecular complexity index is 3010. The van der Waals surface area contributed by atoms with E-state index < -0.39 is 0 Å². The molecule has 0 aliphatic heterocycles. The van der Waals surface area contributed by atoms with Crippen molar-refractivity contribution in [2.24, 2.45) is 0 Å². The highest BCUT2D eigenvalue weighted by Crippen LogP contribution is 2.50. The molecule has 0 aromatic heterocycles. The number of benzene rings is 8. The highest BCUT2D eigenvalue weighted by molar-refractivity contribution is 6.24. The van der Waals surface area contributed by atoms with Crippen molar-refractivity contribution in [1.82, 2.24) is 0 Å². The van der Waals surface area contributed by atoms with Crippen LogP contribution in [0.5, 0.6) is 0 Å². The van der Waals surface area contributed by atoms with Crippen LogP contribution < -0.4 is 9.80 Å². The molecule has 0 N–H and O–H groups in total. The summed E-state index contributed by atoms with van der Waals surface area (Å²) in [6, 6.07) is 48.1. The van der Waals surface area contributed by atoms with Crippen LogP contribution in [0.4, 0.5) is 34.1 Å². The molecule has 8 aromatic carbocycles. The molecule has 0 bridgehead atoms. The normalized spacial score (nSPS) is 12.7. The van der Waals surface area contributed by atoms with Gasteiger partial charge in [-0.3, -0.25) is 0 Å². The zero-order valence-electron chi connectivity index (χ0n) is 46.3. The van der Waals surface area contributed by atoms with Gasteiger partial charge in [0.05, 0.1) is 11.4 Å². The lowest BCUT2D eigenvalue weighted by molar-refractivity contribution is 0.568. The number of hydrogen-bond acceptors (Lipinski definition) is 2. The number of anilines is 6. The van der Waals surface area contributed by atoms with E-state index in [2.05, 4.69) is 256 Å². The number of fused-ring (bicyclic) bond motifs is 5. The Kier molecular flexibility index (Phi) is 13.5. The monoisotopic (exact) mass is 927 g/mol. The Morgan fingerprint density at radius 2 is 0.543 bits per heavy atom. The summed E-state index contributed by atoms with van der Waals surface area (Å²) >= 11 is 0. The van der Waals surface area contributed by atoms with Crippen molar-refractivity contribution in [3.63, 3.8) is 0 Å². The standard InChI is InChI=1S/C68H82N2/c1-19-45-31-53(32-46(20-2)43(45)5)69(54-33-47(21-3)44(6)48(22-4)34-54)63-41-61-58-28-24-26-30-60(58)64(42-62(61)57-27-23-25-29-59(57)63)70(55-37-49(65(7,8)9)35-50(38-55)66(10,11)12)56-39-51(67(13,14)15)36-52(40-56)68(16,17)18/h23-42H,19-22H2,1-18H3. The van der Waals surface area contributed by atoms with Crippen LogP contribution in [0.2, 0.25) is 0 Å². The molecule has 70 heavy (non-hydrogen) atoms. The Balaban J connectivity index is 1.54. The molecule has 0 saturated heterocycles. The summed E-state index contributed by atoms with van der Waals surface area (Å²) in [5, 5.41) is 7.48. The predicted molar refractivity (Wildman–Crippen MR) is 310 cm³/mol. The van der Waals surface area contributed by atoms with E-state index in [0.29, 0.717) is 0 Å². The fraction of sp³-hybridized carbons (Fsp3) is 0.382. The fourth-order valence-corrected chi connectivity index (χ4v) is 10.7. The number of rotatable bonds is 10. The Morgan fingerprint density at radius 1 is 0.300 bits per heavy atom. The van der Waals surface area contributed by atoms with Gasteiger partial charge in [-0.15, -0.1) is 0 Å². The van der Waals surface area contributed by atoms with Gasteiger partial charge >= 0.3 is 0 Å². The van der Waals surface area contributed by atoms with Gasteiger partial charge in [0, 0.05) is 33.5 Å². The molecule has 0 radical (unpaired) electrons. The van der Waals surface area contributed by atoms with E-state index in [1.165, 1.54) is 122 Å². The van der Waals surface area contributed by atoms with Crippen molar-refractivity contribution in [1.29, 1.82) is 0 Å². The minimum absolute atomic E-state index is 0.0596. The average Bonchev–Trinajstić information content (AvgIpc) is 3.31. The molecule has 0 saturated carbocycles. The summed E-state index contributed by atoms with van der Waals surface area (Å²) in [6.07, 6.45) is 3.96. The highest BCUT2D eigenvalue weighted by atomic mass is 15.2. The fourth-order valence-electron chi connectivity index (χ4n) is 10.7. The van der Waals surface area contributed by atoms with Crippen LogP contribution in [0.1, 0.15) is 166 Å². The third kappa shape index (κ3) is 9.53. The van der Waals surface area contributed by atoms with Crippen LogP contribution in [0.15, 0.2) is 121 Å². The molecule has 364 valence electrons. The third-order valence-corrected chi connectivity index (χ3v) is 15.4. The molecular weight excluding hydrogens is 845 g/mol. The first-order valence-corrected chi connectivity index (χ1v) is 26.4. The highest BCUT2D eigenvalue weighted by Gasteiger charge is 2.29. The summed E-state index contributed by atoms with van der Waals surface area (Å²) in [4.78, 5) is 5.21. The lowest BCUT2D eigenvalue weighted by atomic mass is 9.79. The van der Waals surface area contributed by atoms with Crippen LogP contribution in [0, 0.1) is 13.8 Å². The molecule has 8 rings (SSSR count). The van der Waals surface area contributed by atoms with E-state index in [9.17, 15) is 0 Å². The molecule has 0 heterocycles. The minimum Gasteiger partial charge on any atom is -0.310 e. The molecule has 0 aliphatic rings. The summed E-state index contributed by atoms with van der Waals surface area (Å²) in [6.45, 7) is 42.1. The van der Waals surface area contributed by atoms with Crippen molar-refractivity contribution in [3.05, 3.63) is 177 Å². The molecule has 0 amide bonds. The number of nitrogens with zero attached hydrogens (tertiary/aromatic N) is 2. The molecule has 0 unspecified atom stereocenters. The second-order valence-corrected chi connectivity index (χ2v) is 24.4. The van der Waals surface area contributed by atoms with Crippen molar-refractivity contribution in [2.75, 3.05) is 9.80 Å². The van der Waals surface area contributed by atoms with Gasteiger partial charge in [-0.2, -0.15) is 0 Å². The van der Waals surface area contributed by atoms with E-state index in [1.807, 2.05) is 0 Å². The molecule has 0 spiro atoms. The average molecular weight is 927 g/mol. The van der Waals surface area contributed by atoms with Gasteiger partial charge in [-0.25, -0.2) is 0 Å². The maximum Gasteiger partial charge on any atom is 0.0546 e. The summed E-state index contributed by atoms with van der Waals surface area (Å²) in [5.74, 6) is 0. The van der Waals surface area contributed by atoms with Crippen LogP contribution in [-0.2, 0) is 47.3 Å². The van der Waals surface area contributed by atoms with Crippen LogP contribution >= 0.6 is 0 Å². The van der Waals surface area contributed by atoms with Crippen molar-refractivity contribution in [2.45, 2.75) is 172 Å². The van der Waals surface area contributed by atoms with Crippen molar-refractivity contribution in [3.8, 4) is 0 Å². The Morgan fingerprint density at radius 3 is 0.786 bits per heavy atom. The molecule has 8 aromatic rings. The Labute approximate surface area is 423 Å². The van der Waals surface area contributed by atoms with E-state index >= 15 is 0 Å². The lowest BCUT2D eigenvalue weighted by Crippen LogP contribution is -2.21. The molecule has 0 fully saturated rings. The predicted octanol–water partition coefficient (Wildman–Crippen LogP) is 20.1. The van der Waals surface area contributed by atoms with Gasteiger partial charge in [0.1, 0.15) is 0 Å². The number of hydrogen-bond donors (Lipinski definition) is 0. The largest absolute Gasteiger partial charge is 0.310 e. The molecule has 0 aliphatic carbocycles. The minimum atomic E-state index is -0.0596. The van der Waals surface area contributed by atoms with E-state index in [4.69, 9.17) is 0 Å². The van der Waals surface area contributed by atoms with Crippen molar-refractivity contribution >= 4 is 66.4 Å². The zero-order valence-corrected chi connectivity index (χ0v) is 46.3. The molecular formula is C68H82N2. The first-order valence-electron chi connectivity index (χ1n) is 26.4. The second kappa shape index (κ2) is 18.7. The summed E-state index contributed by atoms with van der Waals surface area (Å²) in [5.41, 5.74) is 20.8. The smallest absolute Gasteiger partial charge is 0.0546 e. The molecule has 2 nitrogen and oxygen atoms in total. The van der Waals surface area contributed by atoms with Crippen molar-refractivity contribution < 1.29 is 0 Å². The van der Waals surface area contributed by atoms with E-state index in [1.54, 1.807) is 0 Å². The van der Waals surface area contributed by atoms with Gasteiger partial charge in [-0.1, -0.05) is 171 Å². The first-order chi connectivity index (χ1) is 32.9. The third-order valence-electron chi connectivity index (χ3n) is 15.4. The zero-order chi connectivity index (χ0) is 50.8. The topological polar surface area (TPSA) is 6.48 Å². The van der Waals surface area contributed by atoms with Crippen LogP contribution in [-0.4, -0.2) is 0 Å². The van der Waals surface area contributed by atoms with Gasteiger partial charge in [0.25, 0.3) is 0 Å². The van der Waals surface area contributed by atoms with E-state index in [0.717, 1.165) is 25.7 Å².